The lowest BCUT2D eigenvalue weighted by Gasteiger charge is -2.14. The number of nitrogens with one attached hydrogen (secondary N) is 2. The Labute approximate surface area is 124 Å². The van der Waals surface area contributed by atoms with Crippen molar-refractivity contribution in [2.45, 2.75) is 25.3 Å². The van der Waals surface area contributed by atoms with Gasteiger partial charge in [-0.25, -0.2) is 0 Å². The van der Waals surface area contributed by atoms with Gasteiger partial charge in [0, 0.05) is 18.7 Å². The second kappa shape index (κ2) is 9.90. The van der Waals surface area contributed by atoms with Crippen LogP contribution in [0.25, 0.3) is 0 Å². The van der Waals surface area contributed by atoms with Crippen molar-refractivity contribution in [3.05, 3.63) is 35.9 Å². The monoisotopic (exact) mass is 293 g/mol. The molecule has 1 amide bonds. The lowest BCUT2D eigenvalue weighted by Crippen LogP contribution is -2.41. The van der Waals surface area contributed by atoms with Gasteiger partial charge in [-0.2, -0.15) is 0 Å². The highest BCUT2D eigenvalue weighted by atomic mass is 16.4. The first-order valence-corrected chi connectivity index (χ1v) is 7.14. The molecule has 6 heteroatoms. The van der Waals surface area contributed by atoms with Crippen LogP contribution in [-0.4, -0.2) is 42.7 Å². The first kappa shape index (κ1) is 17.1. The molecule has 0 unspecified atom stereocenters. The number of carboxylic acids is 1. The third-order valence-corrected chi connectivity index (χ3v) is 3.08. The van der Waals surface area contributed by atoms with Gasteiger partial charge in [-0.3, -0.25) is 9.59 Å². The van der Waals surface area contributed by atoms with Gasteiger partial charge in [0.2, 0.25) is 0 Å². The first-order valence-electron chi connectivity index (χ1n) is 7.14. The molecule has 1 atom stereocenters. The maximum absolute atomic E-state index is 11.8. The van der Waals surface area contributed by atoms with Gasteiger partial charge in [0.25, 0.3) is 5.91 Å². The second-order valence-electron chi connectivity index (χ2n) is 4.75. The van der Waals surface area contributed by atoms with Gasteiger partial charge in [-0.1, -0.05) is 24.6 Å². The number of unbranched alkanes of at least 4 members (excludes halogenated alkanes) is 1. The van der Waals surface area contributed by atoms with Gasteiger partial charge in [0.15, 0.2) is 0 Å². The van der Waals surface area contributed by atoms with E-state index in [4.69, 9.17) is 10.8 Å². The maximum atomic E-state index is 11.8. The van der Waals surface area contributed by atoms with Gasteiger partial charge in [-0.15, -0.1) is 0 Å². The summed E-state index contributed by atoms with van der Waals surface area (Å²) < 4.78 is 0. The molecule has 0 aromatic heterocycles. The van der Waals surface area contributed by atoms with Crippen molar-refractivity contribution in [3.8, 4) is 0 Å². The predicted octanol–water partition coefficient (Wildman–Crippen LogP) is 0.588. The van der Waals surface area contributed by atoms with Crippen molar-refractivity contribution in [2.24, 2.45) is 5.73 Å². The summed E-state index contributed by atoms with van der Waals surface area (Å²) in [6.45, 7) is 1.37. The van der Waals surface area contributed by atoms with Crippen LogP contribution in [0.2, 0.25) is 0 Å². The summed E-state index contributed by atoms with van der Waals surface area (Å²) >= 11 is 0. The summed E-state index contributed by atoms with van der Waals surface area (Å²) in [5, 5.41) is 14.8. The van der Waals surface area contributed by atoms with E-state index in [1.165, 1.54) is 0 Å². The number of hydrogen-bond acceptors (Lipinski definition) is 4. The van der Waals surface area contributed by atoms with Gasteiger partial charge in [-0.05, 0) is 31.5 Å². The Morgan fingerprint density at radius 1 is 1.14 bits per heavy atom. The smallest absolute Gasteiger partial charge is 0.320 e. The fraction of sp³-hybridized carbons (Fsp3) is 0.467. The molecule has 21 heavy (non-hydrogen) atoms. The normalized spacial score (nSPS) is 11.9. The zero-order valence-electron chi connectivity index (χ0n) is 12.0. The largest absolute Gasteiger partial charge is 0.480 e. The highest BCUT2D eigenvalue weighted by Crippen LogP contribution is 2.00. The molecule has 0 aliphatic rings. The zero-order chi connectivity index (χ0) is 15.5. The van der Waals surface area contributed by atoms with Crippen LogP contribution in [-0.2, 0) is 4.79 Å². The molecular weight excluding hydrogens is 270 g/mol. The molecule has 0 saturated carbocycles. The lowest BCUT2D eigenvalue weighted by atomic mass is 10.1. The van der Waals surface area contributed by atoms with Crippen LogP contribution in [0.5, 0.6) is 0 Å². The summed E-state index contributed by atoms with van der Waals surface area (Å²) in [4.78, 5) is 22.8. The van der Waals surface area contributed by atoms with Crippen molar-refractivity contribution in [1.82, 2.24) is 10.6 Å². The number of nitrogens with two attached hydrogens (primary N) is 1. The molecule has 0 heterocycles. The quantitative estimate of drug-likeness (QED) is 0.473. The average molecular weight is 293 g/mol. The van der Waals surface area contributed by atoms with Crippen molar-refractivity contribution in [1.29, 1.82) is 0 Å². The maximum Gasteiger partial charge on any atom is 0.320 e. The van der Waals surface area contributed by atoms with Crippen LogP contribution < -0.4 is 16.4 Å². The summed E-state index contributed by atoms with van der Waals surface area (Å²) in [6.07, 6.45) is 2.13. The number of hydrogen-bond donors (Lipinski definition) is 4. The summed E-state index contributed by atoms with van der Waals surface area (Å²) in [6, 6.07) is 8.31. The molecular formula is C15H23N3O3. The van der Waals surface area contributed by atoms with Crippen molar-refractivity contribution >= 4 is 11.9 Å². The SMILES string of the molecule is NCCCC[C@H](NCCNC(=O)c1ccccc1)C(=O)O. The van der Waals surface area contributed by atoms with Gasteiger partial charge in [0.05, 0.1) is 0 Å². The second-order valence-corrected chi connectivity index (χ2v) is 4.75. The fourth-order valence-corrected chi connectivity index (χ4v) is 1.92. The molecule has 0 aliphatic heterocycles. The van der Waals surface area contributed by atoms with Gasteiger partial charge in [0.1, 0.15) is 6.04 Å². The van der Waals surface area contributed by atoms with Crippen LogP contribution >= 0.6 is 0 Å². The molecule has 6 nitrogen and oxygen atoms in total. The van der Waals surface area contributed by atoms with Crippen molar-refractivity contribution in [3.63, 3.8) is 0 Å². The Hall–Kier alpha value is -1.92. The molecule has 0 bridgehead atoms. The molecule has 1 aromatic rings. The number of aliphatic carboxylic acids is 1. The van der Waals surface area contributed by atoms with E-state index in [-0.39, 0.29) is 5.91 Å². The number of carbonyl (C=O) groups is 2. The number of carboxylic acid groups (broad SMARTS) is 1. The number of amides is 1. The van der Waals surface area contributed by atoms with E-state index in [1.807, 2.05) is 6.07 Å². The third kappa shape index (κ3) is 6.87. The van der Waals surface area contributed by atoms with E-state index >= 15 is 0 Å². The van der Waals surface area contributed by atoms with E-state index in [9.17, 15) is 9.59 Å². The minimum atomic E-state index is -0.874. The molecule has 0 fully saturated rings. The molecule has 1 aromatic carbocycles. The molecule has 116 valence electrons. The average Bonchev–Trinajstić information content (AvgIpc) is 2.50. The lowest BCUT2D eigenvalue weighted by molar-refractivity contribution is -0.139. The molecule has 0 radical (unpaired) electrons. The Morgan fingerprint density at radius 2 is 1.86 bits per heavy atom. The van der Waals surface area contributed by atoms with E-state index in [2.05, 4.69) is 10.6 Å². The van der Waals surface area contributed by atoms with Crippen LogP contribution in [0, 0.1) is 0 Å². The van der Waals surface area contributed by atoms with E-state index < -0.39 is 12.0 Å². The van der Waals surface area contributed by atoms with Crippen LogP contribution in [0.15, 0.2) is 30.3 Å². The fourth-order valence-electron chi connectivity index (χ4n) is 1.92. The zero-order valence-corrected chi connectivity index (χ0v) is 12.0. The topological polar surface area (TPSA) is 104 Å². The molecule has 0 aliphatic carbocycles. The van der Waals surface area contributed by atoms with E-state index in [0.29, 0.717) is 31.6 Å². The van der Waals surface area contributed by atoms with Crippen LogP contribution in [0.4, 0.5) is 0 Å². The minimum Gasteiger partial charge on any atom is -0.480 e. The molecule has 5 N–H and O–H groups in total. The van der Waals surface area contributed by atoms with E-state index in [1.54, 1.807) is 24.3 Å². The van der Waals surface area contributed by atoms with Crippen LogP contribution in [0.3, 0.4) is 0 Å². The molecule has 1 rings (SSSR count). The molecule has 0 spiro atoms. The molecule has 0 saturated heterocycles. The highest BCUT2D eigenvalue weighted by molar-refractivity contribution is 5.94. The number of rotatable bonds is 10. The van der Waals surface area contributed by atoms with Crippen molar-refractivity contribution in [2.75, 3.05) is 19.6 Å². The Bertz CT molecular complexity index is 437. The van der Waals surface area contributed by atoms with Gasteiger partial charge < -0.3 is 21.5 Å². The summed E-state index contributed by atoms with van der Waals surface area (Å²) in [7, 11) is 0. The van der Waals surface area contributed by atoms with E-state index in [0.717, 1.165) is 12.8 Å². The van der Waals surface area contributed by atoms with Gasteiger partial charge >= 0.3 is 5.97 Å². The Balaban J connectivity index is 2.24. The number of benzene rings is 1. The Kier molecular flexibility index (Phi) is 8.08. The number of carbonyl (C=O) groups excluding carboxylic acids is 1. The summed E-state index contributed by atoms with van der Waals surface area (Å²) in [5.41, 5.74) is 5.98. The Morgan fingerprint density at radius 3 is 2.48 bits per heavy atom. The summed E-state index contributed by atoms with van der Waals surface area (Å²) in [5.74, 6) is -1.03. The highest BCUT2D eigenvalue weighted by Gasteiger charge is 2.15. The predicted molar refractivity (Wildman–Crippen MR) is 81.1 cm³/mol. The minimum absolute atomic E-state index is 0.160. The third-order valence-electron chi connectivity index (χ3n) is 3.08. The van der Waals surface area contributed by atoms with Crippen LogP contribution in [0.1, 0.15) is 29.6 Å². The first-order chi connectivity index (χ1) is 10.1. The standard InChI is InChI=1S/C15H23N3O3/c16-9-5-4-8-13(15(20)21)17-10-11-18-14(19)12-6-2-1-3-7-12/h1-3,6-7,13,17H,4-5,8-11,16H2,(H,18,19)(H,20,21)/t13-/m0/s1. The van der Waals surface area contributed by atoms with Crippen molar-refractivity contribution < 1.29 is 14.7 Å².